The van der Waals surface area contributed by atoms with Crippen LogP contribution in [0.25, 0.3) is 0 Å². The van der Waals surface area contributed by atoms with Gasteiger partial charge in [0.15, 0.2) is 0 Å². The van der Waals surface area contributed by atoms with Crippen LogP contribution in [0.5, 0.6) is 0 Å². The zero-order valence-electron chi connectivity index (χ0n) is 8.69. The summed E-state index contributed by atoms with van der Waals surface area (Å²) in [6, 6.07) is 7.71. The number of carbonyl (C=O) groups excluding carboxylic acids is 1. The molecule has 0 aliphatic rings. The van der Waals surface area contributed by atoms with Gasteiger partial charge in [-0.15, -0.1) is 11.8 Å². The predicted octanol–water partition coefficient (Wildman–Crippen LogP) is 1.41. The van der Waals surface area contributed by atoms with Gasteiger partial charge in [0, 0.05) is 24.1 Å². The van der Waals surface area contributed by atoms with Crippen molar-refractivity contribution in [1.29, 1.82) is 0 Å². The second-order valence-corrected chi connectivity index (χ2v) is 4.25. The SMILES string of the molecule is CNC(=O)CCSc1cccc(CO)c1. The Balaban J connectivity index is 2.40. The molecule has 3 nitrogen and oxygen atoms in total. The van der Waals surface area contributed by atoms with Gasteiger partial charge < -0.3 is 10.4 Å². The second-order valence-electron chi connectivity index (χ2n) is 3.08. The molecule has 4 heteroatoms. The Hall–Kier alpha value is -1.00. The van der Waals surface area contributed by atoms with Gasteiger partial charge in [-0.1, -0.05) is 12.1 Å². The molecule has 0 fully saturated rings. The van der Waals surface area contributed by atoms with Crippen molar-refractivity contribution in [2.75, 3.05) is 12.8 Å². The van der Waals surface area contributed by atoms with Crippen molar-refractivity contribution in [2.45, 2.75) is 17.9 Å². The van der Waals surface area contributed by atoms with E-state index in [0.29, 0.717) is 6.42 Å². The van der Waals surface area contributed by atoms with Gasteiger partial charge in [-0.25, -0.2) is 0 Å². The fraction of sp³-hybridized carbons (Fsp3) is 0.364. The first-order valence-electron chi connectivity index (χ1n) is 4.79. The van der Waals surface area contributed by atoms with Crippen LogP contribution in [0, 0.1) is 0 Å². The van der Waals surface area contributed by atoms with Gasteiger partial charge in [-0.05, 0) is 17.7 Å². The number of benzene rings is 1. The highest BCUT2D eigenvalue weighted by atomic mass is 32.2. The van der Waals surface area contributed by atoms with Gasteiger partial charge in [0.05, 0.1) is 6.61 Å². The normalized spacial score (nSPS) is 10.0. The molecule has 0 spiro atoms. The number of hydrogen-bond donors (Lipinski definition) is 2. The number of aliphatic hydroxyl groups excluding tert-OH is 1. The highest BCUT2D eigenvalue weighted by Crippen LogP contribution is 2.19. The van der Waals surface area contributed by atoms with Gasteiger partial charge in [-0.3, -0.25) is 4.79 Å². The van der Waals surface area contributed by atoms with E-state index >= 15 is 0 Å². The van der Waals surface area contributed by atoms with Gasteiger partial charge in [0.2, 0.25) is 5.91 Å². The number of thioether (sulfide) groups is 1. The molecule has 0 saturated carbocycles. The third kappa shape index (κ3) is 4.36. The smallest absolute Gasteiger partial charge is 0.220 e. The molecule has 2 N–H and O–H groups in total. The van der Waals surface area contributed by atoms with Crippen LogP contribution in [0.4, 0.5) is 0 Å². The lowest BCUT2D eigenvalue weighted by molar-refractivity contribution is -0.120. The fourth-order valence-electron chi connectivity index (χ4n) is 1.12. The number of rotatable bonds is 5. The Morgan fingerprint density at radius 1 is 1.53 bits per heavy atom. The van der Waals surface area contributed by atoms with Crippen LogP contribution in [0.3, 0.4) is 0 Å². The molecule has 0 atom stereocenters. The summed E-state index contributed by atoms with van der Waals surface area (Å²) in [5.41, 5.74) is 0.903. The highest BCUT2D eigenvalue weighted by Gasteiger charge is 1.99. The maximum absolute atomic E-state index is 11.0. The average molecular weight is 225 g/mol. The van der Waals surface area contributed by atoms with Crippen LogP contribution in [0.15, 0.2) is 29.2 Å². The molecule has 0 bridgehead atoms. The van der Waals surface area contributed by atoms with E-state index in [1.54, 1.807) is 18.8 Å². The summed E-state index contributed by atoms with van der Waals surface area (Å²) in [7, 11) is 1.64. The Morgan fingerprint density at radius 3 is 3.00 bits per heavy atom. The molecule has 1 aromatic rings. The number of carbonyl (C=O) groups is 1. The summed E-state index contributed by atoms with van der Waals surface area (Å²) in [6.07, 6.45) is 0.518. The third-order valence-electron chi connectivity index (χ3n) is 1.96. The molecule has 0 aromatic heterocycles. The first-order chi connectivity index (χ1) is 7.26. The maximum atomic E-state index is 11.0. The van der Waals surface area contributed by atoms with E-state index in [4.69, 9.17) is 5.11 Å². The van der Waals surface area contributed by atoms with E-state index in [-0.39, 0.29) is 12.5 Å². The van der Waals surface area contributed by atoms with Crippen LogP contribution < -0.4 is 5.32 Å². The lowest BCUT2D eigenvalue weighted by atomic mass is 10.2. The number of amides is 1. The molecule has 0 saturated heterocycles. The van der Waals surface area contributed by atoms with Crippen molar-refractivity contribution >= 4 is 17.7 Å². The summed E-state index contributed by atoms with van der Waals surface area (Å²) < 4.78 is 0. The molecule has 1 amide bonds. The minimum Gasteiger partial charge on any atom is -0.392 e. The van der Waals surface area contributed by atoms with Gasteiger partial charge in [0.25, 0.3) is 0 Å². The molecule has 0 radical (unpaired) electrons. The van der Waals surface area contributed by atoms with Crippen LogP contribution in [-0.2, 0) is 11.4 Å². The highest BCUT2D eigenvalue weighted by molar-refractivity contribution is 7.99. The Bertz CT molecular complexity index is 328. The van der Waals surface area contributed by atoms with Crippen molar-refractivity contribution in [3.05, 3.63) is 29.8 Å². The fourth-order valence-corrected chi connectivity index (χ4v) is 2.05. The molecule has 0 unspecified atom stereocenters. The van der Waals surface area contributed by atoms with E-state index in [9.17, 15) is 4.79 Å². The van der Waals surface area contributed by atoms with Gasteiger partial charge in [-0.2, -0.15) is 0 Å². The van der Waals surface area contributed by atoms with E-state index in [2.05, 4.69) is 5.32 Å². The zero-order chi connectivity index (χ0) is 11.1. The molecule has 0 aliphatic carbocycles. The van der Waals surface area contributed by atoms with Crippen LogP contribution in [-0.4, -0.2) is 23.8 Å². The van der Waals surface area contributed by atoms with E-state index in [0.717, 1.165) is 16.2 Å². The average Bonchev–Trinajstić information content (AvgIpc) is 2.29. The molecular weight excluding hydrogens is 210 g/mol. The van der Waals surface area contributed by atoms with Crippen LogP contribution >= 0.6 is 11.8 Å². The van der Waals surface area contributed by atoms with Crippen molar-refractivity contribution < 1.29 is 9.90 Å². The minimum atomic E-state index is 0.0563. The Labute approximate surface area is 93.9 Å². The summed E-state index contributed by atoms with van der Waals surface area (Å²) in [5, 5.41) is 11.5. The quantitative estimate of drug-likeness (QED) is 0.745. The maximum Gasteiger partial charge on any atom is 0.220 e. The monoisotopic (exact) mass is 225 g/mol. The van der Waals surface area contributed by atoms with Gasteiger partial charge >= 0.3 is 0 Å². The standard InChI is InChI=1S/C11H15NO2S/c1-12-11(14)5-6-15-10-4-2-3-9(7-10)8-13/h2-4,7,13H,5-6,8H2,1H3,(H,12,14). The minimum absolute atomic E-state index is 0.0563. The van der Waals surface area contributed by atoms with Crippen LogP contribution in [0.2, 0.25) is 0 Å². The lowest BCUT2D eigenvalue weighted by Gasteiger charge is -2.03. The van der Waals surface area contributed by atoms with Gasteiger partial charge in [0.1, 0.15) is 0 Å². The number of hydrogen-bond acceptors (Lipinski definition) is 3. The Morgan fingerprint density at radius 2 is 2.33 bits per heavy atom. The van der Waals surface area contributed by atoms with Crippen molar-refractivity contribution in [3.8, 4) is 0 Å². The zero-order valence-corrected chi connectivity index (χ0v) is 9.51. The molecule has 1 aromatic carbocycles. The largest absolute Gasteiger partial charge is 0.392 e. The predicted molar refractivity (Wildman–Crippen MR) is 61.8 cm³/mol. The molecular formula is C11H15NO2S. The summed E-state index contributed by atoms with van der Waals surface area (Å²) >= 11 is 1.62. The van der Waals surface area contributed by atoms with E-state index < -0.39 is 0 Å². The summed E-state index contributed by atoms with van der Waals surface area (Å²) in [4.78, 5) is 12.0. The molecule has 1 rings (SSSR count). The third-order valence-corrected chi connectivity index (χ3v) is 2.95. The van der Waals surface area contributed by atoms with E-state index in [1.807, 2.05) is 24.3 Å². The molecule has 0 heterocycles. The van der Waals surface area contributed by atoms with Crippen LogP contribution in [0.1, 0.15) is 12.0 Å². The molecule has 82 valence electrons. The van der Waals surface area contributed by atoms with Crippen molar-refractivity contribution in [1.82, 2.24) is 5.32 Å². The number of aliphatic hydroxyl groups is 1. The lowest BCUT2D eigenvalue weighted by Crippen LogP contribution is -2.17. The first-order valence-corrected chi connectivity index (χ1v) is 5.78. The topological polar surface area (TPSA) is 49.3 Å². The first kappa shape index (κ1) is 12.1. The second kappa shape index (κ2) is 6.48. The molecule has 15 heavy (non-hydrogen) atoms. The van der Waals surface area contributed by atoms with E-state index in [1.165, 1.54) is 0 Å². The van der Waals surface area contributed by atoms with Crippen molar-refractivity contribution in [3.63, 3.8) is 0 Å². The Kier molecular flexibility index (Phi) is 5.21. The summed E-state index contributed by atoms with van der Waals surface area (Å²) in [5.74, 6) is 0.815. The summed E-state index contributed by atoms with van der Waals surface area (Å²) in [6.45, 7) is 0.0594. The molecule has 0 aliphatic heterocycles. The van der Waals surface area contributed by atoms with Crippen molar-refractivity contribution in [2.24, 2.45) is 0 Å². The number of nitrogens with one attached hydrogen (secondary N) is 1.